The molecule has 1 saturated carbocycles. The minimum Gasteiger partial charge on any atom is -0.324 e. The highest BCUT2D eigenvalue weighted by atomic mass is 79.9. The molecule has 3 rings (SSSR count). The number of anilines is 2. The molecule has 5 heteroatoms. The van der Waals surface area contributed by atoms with Crippen molar-refractivity contribution in [3.63, 3.8) is 0 Å². The van der Waals surface area contributed by atoms with Gasteiger partial charge in [0.25, 0.3) is 0 Å². The highest BCUT2D eigenvalue weighted by Crippen LogP contribution is 2.38. The second-order valence-electron chi connectivity index (χ2n) is 6.97. The van der Waals surface area contributed by atoms with Crippen LogP contribution in [0.3, 0.4) is 0 Å². The maximum absolute atomic E-state index is 12.4. The summed E-state index contributed by atoms with van der Waals surface area (Å²) in [5.41, 5.74) is 2.74. The van der Waals surface area contributed by atoms with Crippen molar-refractivity contribution in [3.05, 3.63) is 22.2 Å². The summed E-state index contributed by atoms with van der Waals surface area (Å²) < 4.78 is 0.939. The zero-order valence-corrected chi connectivity index (χ0v) is 15.8. The van der Waals surface area contributed by atoms with Crippen LogP contribution in [0.5, 0.6) is 0 Å². The molecule has 1 aliphatic heterocycles. The smallest absolute Gasteiger partial charge is 0.224 e. The molecule has 0 unspecified atom stereocenters. The molecule has 1 aromatic carbocycles. The number of nitrogens with one attached hydrogen (secondary N) is 1. The van der Waals surface area contributed by atoms with Gasteiger partial charge in [-0.15, -0.1) is 0 Å². The molecule has 1 aromatic rings. The number of benzene rings is 1. The number of hydrogen-bond donors (Lipinski definition) is 1. The minimum atomic E-state index is 0.0220. The Morgan fingerprint density at radius 1 is 1.25 bits per heavy atom. The SMILES string of the molecule is CC(=O)N1CCc2cc(Br)cc(NC(=O)CCC3CCCCC3)c21. The van der Waals surface area contributed by atoms with Gasteiger partial charge in [-0.1, -0.05) is 48.0 Å². The molecule has 2 aliphatic rings. The maximum atomic E-state index is 12.4. The normalized spacial score (nSPS) is 17.7. The van der Waals surface area contributed by atoms with Gasteiger partial charge < -0.3 is 10.2 Å². The van der Waals surface area contributed by atoms with E-state index in [4.69, 9.17) is 0 Å². The van der Waals surface area contributed by atoms with Gasteiger partial charge in [-0.3, -0.25) is 9.59 Å². The molecule has 0 radical (unpaired) electrons. The van der Waals surface area contributed by atoms with Gasteiger partial charge in [0.1, 0.15) is 0 Å². The van der Waals surface area contributed by atoms with Gasteiger partial charge in [0.2, 0.25) is 11.8 Å². The van der Waals surface area contributed by atoms with Gasteiger partial charge in [-0.05, 0) is 36.5 Å². The monoisotopic (exact) mass is 392 g/mol. The van der Waals surface area contributed by atoms with Crippen LogP contribution in [0.15, 0.2) is 16.6 Å². The lowest BCUT2D eigenvalue weighted by Gasteiger charge is -2.22. The molecule has 0 bridgehead atoms. The molecular weight excluding hydrogens is 368 g/mol. The lowest BCUT2D eigenvalue weighted by atomic mass is 9.86. The van der Waals surface area contributed by atoms with Crippen LogP contribution < -0.4 is 10.2 Å². The Morgan fingerprint density at radius 3 is 2.71 bits per heavy atom. The highest BCUT2D eigenvalue weighted by molar-refractivity contribution is 9.10. The van der Waals surface area contributed by atoms with Crippen LogP contribution in [0.2, 0.25) is 0 Å². The van der Waals surface area contributed by atoms with E-state index >= 15 is 0 Å². The van der Waals surface area contributed by atoms with Crippen molar-refractivity contribution in [3.8, 4) is 0 Å². The zero-order chi connectivity index (χ0) is 17.1. The van der Waals surface area contributed by atoms with E-state index in [0.29, 0.717) is 18.9 Å². The Balaban J connectivity index is 1.68. The average Bonchev–Trinajstić information content (AvgIpc) is 2.98. The van der Waals surface area contributed by atoms with Crippen LogP contribution in [0.4, 0.5) is 11.4 Å². The molecule has 0 saturated heterocycles. The topological polar surface area (TPSA) is 49.4 Å². The highest BCUT2D eigenvalue weighted by Gasteiger charge is 2.26. The van der Waals surface area contributed by atoms with Crippen LogP contribution in [0, 0.1) is 5.92 Å². The minimum absolute atomic E-state index is 0.0220. The first kappa shape index (κ1) is 17.5. The molecule has 1 aliphatic carbocycles. The fourth-order valence-corrected chi connectivity index (χ4v) is 4.45. The molecule has 1 fully saturated rings. The Bertz CT molecular complexity index is 638. The van der Waals surface area contributed by atoms with Gasteiger partial charge in [-0.2, -0.15) is 0 Å². The van der Waals surface area contributed by atoms with Crippen molar-refractivity contribution in [1.82, 2.24) is 0 Å². The van der Waals surface area contributed by atoms with Crippen LogP contribution in [0.25, 0.3) is 0 Å². The maximum Gasteiger partial charge on any atom is 0.224 e. The number of nitrogens with zero attached hydrogens (tertiary/aromatic N) is 1. The van der Waals surface area contributed by atoms with E-state index in [1.807, 2.05) is 12.1 Å². The van der Waals surface area contributed by atoms with E-state index in [1.165, 1.54) is 32.1 Å². The summed E-state index contributed by atoms with van der Waals surface area (Å²) in [6, 6.07) is 3.94. The number of fused-ring (bicyclic) bond motifs is 1. The van der Waals surface area contributed by atoms with Crippen molar-refractivity contribution in [1.29, 1.82) is 0 Å². The molecule has 1 N–H and O–H groups in total. The van der Waals surface area contributed by atoms with Crippen LogP contribution in [-0.2, 0) is 16.0 Å². The van der Waals surface area contributed by atoms with E-state index < -0.39 is 0 Å². The van der Waals surface area contributed by atoms with Gasteiger partial charge in [-0.25, -0.2) is 0 Å². The predicted octanol–water partition coefficient (Wildman–Crippen LogP) is 4.66. The molecular formula is C19H25BrN2O2. The van der Waals surface area contributed by atoms with Crippen LogP contribution in [-0.4, -0.2) is 18.4 Å². The van der Waals surface area contributed by atoms with Crippen molar-refractivity contribution in [2.24, 2.45) is 5.92 Å². The van der Waals surface area contributed by atoms with Gasteiger partial charge >= 0.3 is 0 Å². The molecule has 0 aromatic heterocycles. The summed E-state index contributed by atoms with van der Waals surface area (Å²) in [5, 5.41) is 3.04. The van der Waals surface area contributed by atoms with Gasteiger partial charge in [0, 0.05) is 24.4 Å². The molecule has 4 nitrogen and oxygen atoms in total. The first-order valence-electron chi connectivity index (χ1n) is 8.95. The quantitative estimate of drug-likeness (QED) is 0.809. The molecule has 1 heterocycles. The third kappa shape index (κ3) is 4.00. The van der Waals surface area contributed by atoms with Gasteiger partial charge in [0.05, 0.1) is 11.4 Å². The number of hydrogen-bond acceptors (Lipinski definition) is 2. The largest absolute Gasteiger partial charge is 0.324 e. The molecule has 0 spiro atoms. The van der Waals surface area contributed by atoms with E-state index in [1.54, 1.807) is 11.8 Å². The lowest BCUT2D eigenvalue weighted by Crippen LogP contribution is -2.27. The molecule has 130 valence electrons. The van der Waals surface area contributed by atoms with Crippen molar-refractivity contribution in [2.45, 2.75) is 58.3 Å². The second kappa shape index (κ2) is 7.68. The van der Waals surface area contributed by atoms with Crippen LogP contribution >= 0.6 is 15.9 Å². The predicted molar refractivity (Wildman–Crippen MR) is 100 cm³/mol. The fraction of sp³-hybridized carbons (Fsp3) is 0.579. The molecule has 0 atom stereocenters. The summed E-state index contributed by atoms with van der Waals surface area (Å²) in [6.07, 6.45) is 8.84. The summed E-state index contributed by atoms with van der Waals surface area (Å²) in [6.45, 7) is 2.26. The number of carbonyl (C=O) groups excluding carboxylic acids is 2. The Kier molecular flexibility index (Phi) is 5.59. The standard InChI is InChI=1S/C19H25BrN2O2/c1-13(23)22-10-9-15-11-16(20)12-17(19(15)22)21-18(24)8-7-14-5-3-2-4-6-14/h11-12,14H,2-10H2,1H3,(H,21,24). The number of rotatable bonds is 4. The Hall–Kier alpha value is -1.36. The number of amides is 2. The third-order valence-electron chi connectivity index (χ3n) is 5.19. The molecule has 2 amide bonds. The van der Waals surface area contributed by atoms with Crippen molar-refractivity contribution in [2.75, 3.05) is 16.8 Å². The summed E-state index contributed by atoms with van der Waals surface area (Å²) >= 11 is 3.51. The van der Waals surface area contributed by atoms with Crippen molar-refractivity contribution < 1.29 is 9.59 Å². The van der Waals surface area contributed by atoms with E-state index in [9.17, 15) is 9.59 Å². The Morgan fingerprint density at radius 2 is 2.00 bits per heavy atom. The summed E-state index contributed by atoms with van der Waals surface area (Å²) in [5.74, 6) is 0.775. The Labute approximate surface area is 152 Å². The van der Waals surface area contributed by atoms with E-state index in [-0.39, 0.29) is 11.8 Å². The van der Waals surface area contributed by atoms with Crippen molar-refractivity contribution >= 4 is 39.1 Å². The van der Waals surface area contributed by atoms with E-state index in [0.717, 1.165) is 34.3 Å². The lowest BCUT2D eigenvalue weighted by molar-refractivity contribution is -0.117. The molecule has 24 heavy (non-hydrogen) atoms. The number of halogens is 1. The van der Waals surface area contributed by atoms with Crippen LogP contribution in [0.1, 0.15) is 57.4 Å². The first-order valence-corrected chi connectivity index (χ1v) is 9.74. The second-order valence-corrected chi connectivity index (χ2v) is 7.89. The van der Waals surface area contributed by atoms with E-state index in [2.05, 4.69) is 21.2 Å². The van der Waals surface area contributed by atoms with Gasteiger partial charge in [0.15, 0.2) is 0 Å². The number of carbonyl (C=O) groups is 2. The third-order valence-corrected chi connectivity index (χ3v) is 5.64. The zero-order valence-electron chi connectivity index (χ0n) is 14.2. The fourth-order valence-electron chi connectivity index (χ4n) is 3.94. The summed E-state index contributed by atoms with van der Waals surface area (Å²) in [4.78, 5) is 26.0. The first-order chi connectivity index (χ1) is 11.5. The average molecular weight is 393 g/mol. The summed E-state index contributed by atoms with van der Waals surface area (Å²) in [7, 11) is 0.